The van der Waals surface area contributed by atoms with Gasteiger partial charge < -0.3 is 26.8 Å². The lowest BCUT2D eigenvalue weighted by molar-refractivity contribution is -0.142. The molecule has 0 saturated heterocycles. The number of carbonyl (C=O) groups is 4. The van der Waals surface area contributed by atoms with Crippen LogP contribution in [0.5, 0.6) is 0 Å². The largest absolute Gasteiger partial charge is 0.480 e. The van der Waals surface area contributed by atoms with E-state index in [1.165, 1.54) is 6.92 Å². The Morgan fingerprint density at radius 3 is 1.89 bits per heavy atom. The summed E-state index contributed by atoms with van der Waals surface area (Å²) in [5.74, 6) is -2.79. The average Bonchev–Trinajstić information content (AvgIpc) is 2.62. The van der Waals surface area contributed by atoms with Crippen molar-refractivity contribution in [3.63, 3.8) is 0 Å². The number of hydrogen-bond donors (Lipinski definition) is 6. The molecule has 0 aromatic carbocycles. The van der Waals surface area contributed by atoms with Crippen molar-refractivity contribution >= 4 is 36.3 Å². The van der Waals surface area contributed by atoms with Gasteiger partial charge in [-0.25, -0.2) is 4.79 Å². The Balaban J connectivity index is 4.84. The Hall–Kier alpha value is -1.81. The third kappa shape index (κ3) is 8.92. The fourth-order valence-corrected chi connectivity index (χ4v) is 2.60. The van der Waals surface area contributed by atoms with E-state index < -0.39 is 47.9 Å². The molecule has 9 nitrogen and oxygen atoms in total. The number of carboxylic acids is 1. The van der Waals surface area contributed by atoms with Crippen LogP contribution >= 0.6 is 12.6 Å². The summed E-state index contributed by atoms with van der Waals surface area (Å²) in [7, 11) is 0. The molecule has 0 aromatic rings. The highest BCUT2D eigenvalue weighted by Gasteiger charge is 2.28. The molecular formula is C18H34N4O5S. The first kappa shape index (κ1) is 26.2. The van der Waals surface area contributed by atoms with Crippen LogP contribution in [-0.2, 0) is 19.2 Å². The molecule has 162 valence electrons. The molecule has 0 heterocycles. The minimum atomic E-state index is -1.14. The summed E-state index contributed by atoms with van der Waals surface area (Å²) < 4.78 is 0. The summed E-state index contributed by atoms with van der Waals surface area (Å²) in [5, 5.41) is 16.6. The minimum Gasteiger partial charge on any atom is -0.480 e. The van der Waals surface area contributed by atoms with E-state index in [1.54, 1.807) is 0 Å². The van der Waals surface area contributed by atoms with Gasteiger partial charge in [0.1, 0.15) is 18.1 Å². The lowest BCUT2D eigenvalue weighted by Crippen LogP contribution is -2.57. The standard InChI is InChI=1S/C18H34N4O5S/c1-6-10(4)14(19)17(25)22-13(8-28)16(24)20-11(5)15(23)21-12(18(26)27)7-9(2)3/h9-14,28H,6-8,19H2,1-5H3,(H,20,24)(H,21,23)(H,22,25)(H,26,27). The van der Waals surface area contributed by atoms with E-state index in [0.29, 0.717) is 6.42 Å². The molecule has 0 aromatic heterocycles. The molecule has 0 aliphatic rings. The Morgan fingerprint density at radius 2 is 1.46 bits per heavy atom. The number of nitrogens with two attached hydrogens (primary N) is 1. The third-order valence-electron chi connectivity index (χ3n) is 4.45. The van der Waals surface area contributed by atoms with Crippen molar-refractivity contribution in [2.75, 3.05) is 5.75 Å². The quantitative estimate of drug-likeness (QED) is 0.244. The Bertz CT molecular complexity index is 558. The van der Waals surface area contributed by atoms with Crippen LogP contribution in [0, 0.1) is 11.8 Å². The molecule has 5 atom stereocenters. The van der Waals surface area contributed by atoms with Crippen LogP contribution < -0.4 is 21.7 Å². The zero-order valence-corrected chi connectivity index (χ0v) is 18.1. The van der Waals surface area contributed by atoms with Gasteiger partial charge in [-0.1, -0.05) is 34.1 Å². The van der Waals surface area contributed by atoms with Crippen molar-refractivity contribution in [3.05, 3.63) is 0 Å². The zero-order chi connectivity index (χ0) is 22.0. The van der Waals surface area contributed by atoms with Crippen molar-refractivity contribution in [1.29, 1.82) is 0 Å². The first-order valence-corrected chi connectivity index (χ1v) is 10.1. The molecule has 0 bridgehead atoms. The molecule has 6 N–H and O–H groups in total. The minimum absolute atomic E-state index is 0.0181. The van der Waals surface area contributed by atoms with Gasteiger partial charge in [0.2, 0.25) is 17.7 Å². The number of thiol groups is 1. The molecule has 10 heteroatoms. The summed E-state index contributed by atoms with van der Waals surface area (Å²) in [4.78, 5) is 48.0. The number of aliphatic carboxylic acids is 1. The second-order valence-electron chi connectivity index (χ2n) is 7.41. The topological polar surface area (TPSA) is 151 Å². The summed E-state index contributed by atoms with van der Waals surface area (Å²) in [6.45, 7) is 8.87. The molecular weight excluding hydrogens is 384 g/mol. The molecule has 0 aliphatic carbocycles. The third-order valence-corrected chi connectivity index (χ3v) is 4.81. The van der Waals surface area contributed by atoms with E-state index >= 15 is 0 Å². The number of nitrogens with one attached hydrogen (secondary N) is 3. The monoisotopic (exact) mass is 418 g/mol. The van der Waals surface area contributed by atoms with Gasteiger partial charge in [0.15, 0.2) is 0 Å². The lowest BCUT2D eigenvalue weighted by Gasteiger charge is -2.24. The van der Waals surface area contributed by atoms with Crippen LogP contribution in [0.25, 0.3) is 0 Å². The average molecular weight is 419 g/mol. The van der Waals surface area contributed by atoms with Crippen molar-refractivity contribution in [1.82, 2.24) is 16.0 Å². The van der Waals surface area contributed by atoms with Crippen LogP contribution in [0.3, 0.4) is 0 Å². The molecule has 0 saturated carbocycles. The summed E-state index contributed by atoms with van der Waals surface area (Å²) >= 11 is 4.07. The van der Waals surface area contributed by atoms with Gasteiger partial charge in [0.05, 0.1) is 6.04 Å². The van der Waals surface area contributed by atoms with Crippen molar-refractivity contribution in [3.8, 4) is 0 Å². The van der Waals surface area contributed by atoms with Gasteiger partial charge in [-0.3, -0.25) is 14.4 Å². The molecule has 3 amide bonds. The second-order valence-corrected chi connectivity index (χ2v) is 7.78. The SMILES string of the molecule is CCC(C)C(N)C(=O)NC(CS)C(=O)NC(C)C(=O)NC(CC(C)C)C(=O)O. The molecule has 5 unspecified atom stereocenters. The van der Waals surface area contributed by atoms with Gasteiger partial charge in [-0.2, -0.15) is 12.6 Å². The van der Waals surface area contributed by atoms with E-state index in [1.807, 2.05) is 27.7 Å². The fraction of sp³-hybridized carbons (Fsp3) is 0.778. The first-order chi connectivity index (χ1) is 12.9. The molecule has 0 aliphatic heterocycles. The highest BCUT2D eigenvalue weighted by atomic mass is 32.1. The van der Waals surface area contributed by atoms with Crippen LogP contribution in [0.1, 0.15) is 47.5 Å². The number of rotatable bonds is 12. The zero-order valence-electron chi connectivity index (χ0n) is 17.2. The van der Waals surface area contributed by atoms with Crippen molar-refractivity contribution < 1.29 is 24.3 Å². The highest BCUT2D eigenvalue weighted by molar-refractivity contribution is 7.80. The van der Waals surface area contributed by atoms with Crippen LogP contribution in [0.15, 0.2) is 0 Å². The maximum Gasteiger partial charge on any atom is 0.326 e. The maximum absolute atomic E-state index is 12.4. The van der Waals surface area contributed by atoms with Crippen LogP contribution in [0.4, 0.5) is 0 Å². The first-order valence-electron chi connectivity index (χ1n) is 9.44. The maximum atomic E-state index is 12.4. The number of amides is 3. The van der Waals surface area contributed by atoms with E-state index in [-0.39, 0.29) is 24.0 Å². The van der Waals surface area contributed by atoms with Gasteiger partial charge >= 0.3 is 5.97 Å². The van der Waals surface area contributed by atoms with Crippen molar-refractivity contribution in [2.24, 2.45) is 17.6 Å². The van der Waals surface area contributed by atoms with Crippen LogP contribution in [0.2, 0.25) is 0 Å². The van der Waals surface area contributed by atoms with Crippen LogP contribution in [-0.4, -0.2) is 58.7 Å². The number of hydrogen-bond acceptors (Lipinski definition) is 6. The summed E-state index contributed by atoms with van der Waals surface area (Å²) in [5.41, 5.74) is 5.86. The van der Waals surface area contributed by atoms with E-state index in [9.17, 15) is 24.3 Å². The molecule has 0 fully saturated rings. The molecule has 0 rings (SSSR count). The fourth-order valence-electron chi connectivity index (χ4n) is 2.34. The van der Waals surface area contributed by atoms with Gasteiger partial charge in [-0.15, -0.1) is 0 Å². The Kier molecular flexibility index (Phi) is 11.8. The van der Waals surface area contributed by atoms with E-state index in [2.05, 4.69) is 28.6 Å². The summed E-state index contributed by atoms with van der Waals surface area (Å²) in [6, 6.07) is -3.75. The summed E-state index contributed by atoms with van der Waals surface area (Å²) in [6.07, 6.45) is 0.981. The molecule has 28 heavy (non-hydrogen) atoms. The molecule has 0 spiro atoms. The van der Waals surface area contributed by atoms with Gasteiger partial charge in [0, 0.05) is 5.75 Å². The predicted molar refractivity (Wildman–Crippen MR) is 110 cm³/mol. The predicted octanol–water partition coefficient (Wildman–Crippen LogP) is -0.105. The number of carboxylic acid groups (broad SMARTS) is 1. The van der Waals surface area contributed by atoms with E-state index in [4.69, 9.17) is 5.73 Å². The smallest absolute Gasteiger partial charge is 0.326 e. The normalized spacial score (nSPS) is 16.4. The second kappa shape index (κ2) is 12.6. The van der Waals surface area contributed by atoms with Crippen molar-refractivity contribution in [2.45, 2.75) is 71.6 Å². The Morgan fingerprint density at radius 1 is 0.929 bits per heavy atom. The highest BCUT2D eigenvalue weighted by Crippen LogP contribution is 2.07. The molecule has 0 radical (unpaired) electrons. The Labute approximate surface area is 172 Å². The number of carbonyl (C=O) groups excluding carboxylic acids is 3. The van der Waals surface area contributed by atoms with E-state index in [0.717, 1.165) is 0 Å². The van der Waals surface area contributed by atoms with Gasteiger partial charge in [-0.05, 0) is 25.2 Å². The van der Waals surface area contributed by atoms with Gasteiger partial charge in [0.25, 0.3) is 0 Å². The lowest BCUT2D eigenvalue weighted by atomic mass is 9.99.